The van der Waals surface area contributed by atoms with Crippen molar-refractivity contribution in [3.05, 3.63) is 34.9 Å². The highest BCUT2D eigenvalue weighted by Gasteiger charge is 2.10. The van der Waals surface area contributed by atoms with Gasteiger partial charge in [0.25, 0.3) is 0 Å². The molecule has 0 spiro atoms. The van der Waals surface area contributed by atoms with Gasteiger partial charge in [-0.25, -0.2) is 0 Å². The maximum atomic E-state index is 6.26. The maximum Gasteiger partial charge on any atom is 0.0596 e. The lowest BCUT2D eigenvalue weighted by molar-refractivity contribution is 0.0629. The zero-order chi connectivity index (χ0) is 14.4. The Morgan fingerprint density at radius 1 is 1.21 bits per heavy atom. The normalized spacial score (nSPS) is 13.3. The van der Waals surface area contributed by atoms with E-state index in [2.05, 4.69) is 57.8 Å². The fourth-order valence-corrected chi connectivity index (χ4v) is 1.97. The minimum atomic E-state index is 0.0587. The first-order valence-corrected chi connectivity index (χ1v) is 7.03. The van der Waals surface area contributed by atoms with Crippen molar-refractivity contribution in [1.29, 1.82) is 0 Å². The van der Waals surface area contributed by atoms with E-state index in [1.807, 2.05) is 0 Å². The molecule has 1 aromatic carbocycles. The van der Waals surface area contributed by atoms with Crippen LogP contribution in [0.15, 0.2) is 18.2 Å². The summed E-state index contributed by atoms with van der Waals surface area (Å²) in [5.74, 6) is 0. The molecule has 0 heterocycles. The second-order valence-electron chi connectivity index (χ2n) is 5.63. The number of likely N-dealkylation sites (N-methyl/N-ethyl adjacent to an activating group) is 1. The monoisotopic (exact) mass is 264 g/mol. The third-order valence-electron chi connectivity index (χ3n) is 3.39. The van der Waals surface area contributed by atoms with Crippen molar-refractivity contribution >= 4 is 0 Å². The molecule has 0 aromatic heterocycles. The van der Waals surface area contributed by atoms with Crippen LogP contribution in [0.5, 0.6) is 0 Å². The fourth-order valence-electron chi connectivity index (χ4n) is 1.97. The summed E-state index contributed by atoms with van der Waals surface area (Å²) in [5.41, 5.74) is 10.1. The maximum absolute atomic E-state index is 6.26. The number of rotatable bonds is 7. The topological polar surface area (TPSA) is 38.5 Å². The zero-order valence-electron chi connectivity index (χ0n) is 12.9. The van der Waals surface area contributed by atoms with Gasteiger partial charge in [-0.05, 0) is 51.4 Å². The van der Waals surface area contributed by atoms with Crippen molar-refractivity contribution in [1.82, 2.24) is 4.90 Å². The molecule has 108 valence electrons. The SMILES string of the molecule is Cc1ccc(C(N)CN(C)CCOC(C)C)cc1C. The predicted octanol–water partition coefficient (Wildman–Crippen LogP) is 2.66. The first-order valence-electron chi connectivity index (χ1n) is 7.03. The van der Waals surface area contributed by atoms with E-state index in [9.17, 15) is 0 Å². The number of nitrogens with two attached hydrogens (primary N) is 1. The van der Waals surface area contributed by atoms with Crippen LogP contribution in [0, 0.1) is 13.8 Å². The van der Waals surface area contributed by atoms with Gasteiger partial charge >= 0.3 is 0 Å². The van der Waals surface area contributed by atoms with E-state index in [-0.39, 0.29) is 6.04 Å². The molecular formula is C16H28N2O. The fraction of sp³-hybridized carbons (Fsp3) is 0.625. The van der Waals surface area contributed by atoms with Gasteiger partial charge in [0.2, 0.25) is 0 Å². The van der Waals surface area contributed by atoms with Gasteiger partial charge < -0.3 is 15.4 Å². The number of hydrogen-bond acceptors (Lipinski definition) is 3. The first kappa shape index (κ1) is 16.2. The molecule has 0 saturated heterocycles. The number of benzene rings is 1. The lowest BCUT2D eigenvalue weighted by Crippen LogP contribution is -2.32. The molecule has 0 aliphatic heterocycles. The molecule has 0 aliphatic carbocycles. The van der Waals surface area contributed by atoms with E-state index in [1.54, 1.807) is 0 Å². The Balaban J connectivity index is 2.44. The van der Waals surface area contributed by atoms with Crippen LogP contribution in [0.25, 0.3) is 0 Å². The Hall–Kier alpha value is -0.900. The van der Waals surface area contributed by atoms with E-state index in [4.69, 9.17) is 10.5 Å². The molecule has 0 amide bonds. The Morgan fingerprint density at radius 3 is 2.47 bits per heavy atom. The van der Waals surface area contributed by atoms with E-state index in [0.29, 0.717) is 6.10 Å². The third-order valence-corrected chi connectivity index (χ3v) is 3.39. The second kappa shape index (κ2) is 7.63. The molecule has 1 unspecified atom stereocenters. The highest BCUT2D eigenvalue weighted by atomic mass is 16.5. The van der Waals surface area contributed by atoms with Gasteiger partial charge in [0.05, 0.1) is 12.7 Å². The van der Waals surface area contributed by atoms with Crippen molar-refractivity contribution in [3.63, 3.8) is 0 Å². The summed E-state index contributed by atoms with van der Waals surface area (Å²) in [6.45, 7) is 10.9. The van der Waals surface area contributed by atoms with Gasteiger partial charge in [0, 0.05) is 19.1 Å². The quantitative estimate of drug-likeness (QED) is 0.823. The zero-order valence-corrected chi connectivity index (χ0v) is 12.9. The van der Waals surface area contributed by atoms with Crippen molar-refractivity contribution in [2.45, 2.75) is 39.8 Å². The van der Waals surface area contributed by atoms with Crippen molar-refractivity contribution < 1.29 is 4.74 Å². The Labute approximate surface area is 117 Å². The van der Waals surface area contributed by atoms with Gasteiger partial charge in [-0.15, -0.1) is 0 Å². The van der Waals surface area contributed by atoms with Crippen LogP contribution in [-0.4, -0.2) is 37.7 Å². The molecule has 1 rings (SSSR count). The van der Waals surface area contributed by atoms with E-state index < -0.39 is 0 Å². The van der Waals surface area contributed by atoms with Crippen LogP contribution in [0.1, 0.15) is 36.6 Å². The number of ether oxygens (including phenoxy) is 1. The molecule has 3 nitrogen and oxygen atoms in total. The van der Waals surface area contributed by atoms with E-state index >= 15 is 0 Å². The molecular weight excluding hydrogens is 236 g/mol. The highest BCUT2D eigenvalue weighted by molar-refractivity contribution is 5.31. The summed E-state index contributed by atoms with van der Waals surface area (Å²) >= 11 is 0. The molecule has 0 aliphatic rings. The number of hydrogen-bond donors (Lipinski definition) is 1. The number of aryl methyl sites for hydroxylation is 2. The van der Waals surface area contributed by atoms with Crippen LogP contribution in [0.4, 0.5) is 0 Å². The van der Waals surface area contributed by atoms with Gasteiger partial charge in [-0.3, -0.25) is 0 Å². The number of nitrogens with zero attached hydrogens (tertiary/aromatic N) is 1. The lowest BCUT2D eigenvalue weighted by Gasteiger charge is -2.22. The molecule has 0 saturated carbocycles. The summed E-state index contributed by atoms with van der Waals surface area (Å²) in [6, 6.07) is 6.53. The van der Waals surface area contributed by atoms with Crippen molar-refractivity contribution in [2.75, 3.05) is 26.7 Å². The molecule has 3 heteroatoms. The molecule has 1 aromatic rings. The van der Waals surface area contributed by atoms with Crippen LogP contribution in [0.2, 0.25) is 0 Å². The van der Waals surface area contributed by atoms with Crippen LogP contribution < -0.4 is 5.73 Å². The smallest absolute Gasteiger partial charge is 0.0596 e. The highest BCUT2D eigenvalue weighted by Crippen LogP contribution is 2.16. The van der Waals surface area contributed by atoms with Gasteiger partial charge in [-0.2, -0.15) is 0 Å². The second-order valence-corrected chi connectivity index (χ2v) is 5.63. The molecule has 19 heavy (non-hydrogen) atoms. The summed E-state index contributed by atoms with van der Waals surface area (Å²) in [5, 5.41) is 0. The summed E-state index contributed by atoms with van der Waals surface area (Å²) < 4.78 is 5.55. The van der Waals surface area contributed by atoms with Crippen LogP contribution in [-0.2, 0) is 4.74 Å². The van der Waals surface area contributed by atoms with Gasteiger partial charge in [0.15, 0.2) is 0 Å². The Kier molecular flexibility index (Phi) is 6.49. The summed E-state index contributed by atoms with van der Waals surface area (Å²) in [6.07, 6.45) is 0.293. The van der Waals surface area contributed by atoms with Crippen molar-refractivity contribution in [2.24, 2.45) is 5.73 Å². The van der Waals surface area contributed by atoms with Crippen LogP contribution >= 0.6 is 0 Å². The van der Waals surface area contributed by atoms with Gasteiger partial charge in [0.1, 0.15) is 0 Å². The Morgan fingerprint density at radius 2 is 1.89 bits per heavy atom. The van der Waals surface area contributed by atoms with Crippen molar-refractivity contribution in [3.8, 4) is 0 Å². The standard InChI is InChI=1S/C16H28N2O/c1-12(2)19-9-8-18(5)11-16(17)15-7-6-13(3)14(4)10-15/h6-7,10,12,16H,8-9,11,17H2,1-5H3. The lowest BCUT2D eigenvalue weighted by atomic mass is 10.0. The average Bonchev–Trinajstić information content (AvgIpc) is 2.32. The van der Waals surface area contributed by atoms with Gasteiger partial charge in [-0.1, -0.05) is 18.2 Å². The minimum absolute atomic E-state index is 0.0587. The minimum Gasteiger partial charge on any atom is -0.377 e. The summed E-state index contributed by atoms with van der Waals surface area (Å²) in [4.78, 5) is 2.22. The van der Waals surface area contributed by atoms with E-state index in [0.717, 1.165) is 19.7 Å². The van der Waals surface area contributed by atoms with Crippen LogP contribution in [0.3, 0.4) is 0 Å². The molecule has 0 bridgehead atoms. The molecule has 0 fully saturated rings. The molecule has 0 radical (unpaired) electrons. The largest absolute Gasteiger partial charge is 0.377 e. The molecule has 2 N–H and O–H groups in total. The Bertz CT molecular complexity index is 390. The average molecular weight is 264 g/mol. The third kappa shape index (κ3) is 5.72. The van der Waals surface area contributed by atoms with E-state index in [1.165, 1.54) is 16.7 Å². The molecule has 1 atom stereocenters. The summed E-state index contributed by atoms with van der Waals surface area (Å²) in [7, 11) is 2.09. The first-order chi connectivity index (χ1) is 8.90. The predicted molar refractivity (Wildman–Crippen MR) is 81.4 cm³/mol.